The second-order valence-electron chi connectivity index (χ2n) is 8.80. The summed E-state index contributed by atoms with van der Waals surface area (Å²) in [5.74, 6) is -0.475. The fraction of sp³-hybridized carbons (Fsp3) is 0.345. The second-order valence-corrected chi connectivity index (χ2v) is 8.80. The Kier molecular flexibility index (Phi) is 10.9. The third-order valence-corrected chi connectivity index (χ3v) is 5.93. The highest BCUT2D eigenvalue weighted by Crippen LogP contribution is 2.17. The van der Waals surface area contributed by atoms with Gasteiger partial charge in [-0.3, -0.25) is 4.79 Å². The number of nitrogens with one attached hydrogen (secondary N) is 2. The first-order valence-electron chi connectivity index (χ1n) is 12.3. The molecule has 0 aliphatic heterocycles. The van der Waals surface area contributed by atoms with E-state index in [-0.39, 0.29) is 31.9 Å². The van der Waals surface area contributed by atoms with E-state index in [4.69, 9.17) is 9.47 Å². The Hall–Kier alpha value is -3.49. The summed E-state index contributed by atoms with van der Waals surface area (Å²) in [6.45, 7) is 2.93. The summed E-state index contributed by atoms with van der Waals surface area (Å²) in [6.07, 6.45) is 0.0432. The lowest BCUT2D eigenvalue weighted by atomic mass is 10.00. The molecule has 0 saturated heterocycles. The van der Waals surface area contributed by atoms with Crippen LogP contribution in [0.3, 0.4) is 0 Å². The molecule has 1 amide bonds. The first-order chi connectivity index (χ1) is 17.9. The van der Waals surface area contributed by atoms with Gasteiger partial charge < -0.3 is 25.2 Å². The van der Waals surface area contributed by atoms with Crippen LogP contribution >= 0.6 is 0 Å². The SMILES string of the molecule is CCc1cccc(CNC[C@@H](O)[C@H](Cc2cc(F)cc(F)c2)NC(=O)CCOc2ccc(OC)cc2)c1. The molecule has 0 aromatic heterocycles. The number of carbonyl (C=O) groups excluding carboxylic acids is 1. The van der Waals surface area contributed by atoms with Gasteiger partial charge in [0.05, 0.1) is 32.3 Å². The molecule has 3 N–H and O–H groups in total. The standard InChI is InChI=1S/C29H34F2N2O4/c1-3-20-5-4-6-21(13-20)18-32-19-28(34)27(16-22-14-23(30)17-24(31)15-22)33-29(35)11-12-37-26-9-7-25(36-2)8-10-26/h4-10,13-15,17,27-28,32,34H,3,11-12,16,18-19H2,1-2H3,(H,33,35)/t27-,28+/m0/s1. The Bertz CT molecular complexity index is 1120. The van der Waals surface area contributed by atoms with Crippen molar-refractivity contribution in [2.24, 2.45) is 0 Å². The number of aliphatic hydroxyl groups excluding tert-OH is 1. The maximum absolute atomic E-state index is 13.7. The third kappa shape index (κ3) is 9.48. The van der Waals surface area contributed by atoms with Crippen LogP contribution in [0.2, 0.25) is 0 Å². The van der Waals surface area contributed by atoms with Gasteiger partial charge in [0.2, 0.25) is 5.91 Å². The molecule has 0 aliphatic rings. The second kappa shape index (κ2) is 14.3. The Labute approximate surface area is 216 Å². The summed E-state index contributed by atoms with van der Waals surface area (Å²) in [6, 6.07) is 17.6. The molecule has 8 heteroatoms. The summed E-state index contributed by atoms with van der Waals surface area (Å²) >= 11 is 0. The number of amides is 1. The molecule has 0 radical (unpaired) electrons. The van der Waals surface area contributed by atoms with Crippen molar-refractivity contribution in [1.29, 1.82) is 0 Å². The molecule has 0 bridgehead atoms. The van der Waals surface area contributed by atoms with Crippen LogP contribution in [-0.4, -0.2) is 43.4 Å². The van der Waals surface area contributed by atoms with Gasteiger partial charge in [0.25, 0.3) is 0 Å². The lowest BCUT2D eigenvalue weighted by Crippen LogP contribution is -2.48. The molecule has 37 heavy (non-hydrogen) atoms. The van der Waals surface area contributed by atoms with Crippen LogP contribution in [0.1, 0.15) is 30.0 Å². The fourth-order valence-electron chi connectivity index (χ4n) is 3.94. The van der Waals surface area contributed by atoms with E-state index >= 15 is 0 Å². The van der Waals surface area contributed by atoms with Gasteiger partial charge in [0.15, 0.2) is 0 Å². The highest BCUT2D eigenvalue weighted by atomic mass is 19.1. The smallest absolute Gasteiger partial charge is 0.223 e. The van der Waals surface area contributed by atoms with E-state index in [1.54, 1.807) is 31.4 Å². The Morgan fingerprint density at radius 1 is 0.946 bits per heavy atom. The van der Waals surface area contributed by atoms with E-state index in [0.29, 0.717) is 23.6 Å². The van der Waals surface area contributed by atoms with Crippen molar-refractivity contribution in [1.82, 2.24) is 10.6 Å². The minimum Gasteiger partial charge on any atom is -0.497 e. The van der Waals surface area contributed by atoms with Crippen molar-refractivity contribution in [2.75, 3.05) is 20.3 Å². The highest BCUT2D eigenvalue weighted by molar-refractivity contribution is 5.76. The van der Waals surface area contributed by atoms with Gasteiger partial charge in [-0.15, -0.1) is 0 Å². The predicted octanol–water partition coefficient (Wildman–Crippen LogP) is 4.18. The predicted molar refractivity (Wildman–Crippen MR) is 139 cm³/mol. The summed E-state index contributed by atoms with van der Waals surface area (Å²) in [4.78, 5) is 12.6. The highest BCUT2D eigenvalue weighted by Gasteiger charge is 2.22. The zero-order valence-corrected chi connectivity index (χ0v) is 21.2. The molecular formula is C29H34F2N2O4. The lowest BCUT2D eigenvalue weighted by molar-refractivity contribution is -0.123. The molecule has 3 aromatic rings. The first-order valence-corrected chi connectivity index (χ1v) is 12.3. The number of hydrogen-bond donors (Lipinski definition) is 3. The van der Waals surface area contributed by atoms with Gasteiger partial charge in [-0.25, -0.2) is 8.78 Å². The number of benzene rings is 3. The van der Waals surface area contributed by atoms with Crippen molar-refractivity contribution >= 4 is 5.91 Å². The Morgan fingerprint density at radius 3 is 2.30 bits per heavy atom. The average molecular weight is 513 g/mol. The van der Waals surface area contributed by atoms with Crippen molar-refractivity contribution in [3.8, 4) is 11.5 Å². The zero-order valence-electron chi connectivity index (χ0n) is 21.2. The van der Waals surface area contributed by atoms with Gasteiger partial charge in [-0.2, -0.15) is 0 Å². The van der Waals surface area contributed by atoms with Gasteiger partial charge >= 0.3 is 0 Å². The molecule has 0 unspecified atom stereocenters. The van der Waals surface area contributed by atoms with E-state index in [2.05, 4.69) is 29.7 Å². The van der Waals surface area contributed by atoms with Crippen molar-refractivity contribution in [3.05, 3.63) is 95.1 Å². The van der Waals surface area contributed by atoms with Crippen LogP contribution < -0.4 is 20.1 Å². The molecule has 0 spiro atoms. The lowest BCUT2D eigenvalue weighted by Gasteiger charge is -2.25. The van der Waals surface area contributed by atoms with Crippen LogP contribution in [-0.2, 0) is 24.2 Å². The minimum atomic E-state index is -0.993. The van der Waals surface area contributed by atoms with E-state index in [0.717, 1.165) is 18.1 Å². The quantitative estimate of drug-likeness (QED) is 0.302. The zero-order chi connectivity index (χ0) is 26.6. The topological polar surface area (TPSA) is 79.8 Å². The molecule has 3 rings (SSSR count). The Balaban J connectivity index is 1.58. The molecular weight excluding hydrogens is 478 g/mol. The number of carbonyl (C=O) groups is 1. The van der Waals surface area contributed by atoms with Crippen LogP contribution in [0.15, 0.2) is 66.7 Å². The number of aryl methyl sites for hydroxylation is 1. The van der Waals surface area contributed by atoms with Gasteiger partial charge in [-0.05, 0) is 65.9 Å². The number of ether oxygens (including phenoxy) is 2. The van der Waals surface area contributed by atoms with Crippen LogP contribution in [0.5, 0.6) is 11.5 Å². The summed E-state index contributed by atoms with van der Waals surface area (Å²) in [5.41, 5.74) is 2.64. The van der Waals surface area contributed by atoms with E-state index < -0.39 is 23.8 Å². The monoisotopic (exact) mass is 512 g/mol. The van der Waals surface area contributed by atoms with E-state index in [1.807, 2.05) is 12.1 Å². The molecule has 198 valence electrons. The van der Waals surface area contributed by atoms with Crippen LogP contribution in [0.25, 0.3) is 0 Å². The number of rotatable bonds is 14. The third-order valence-electron chi connectivity index (χ3n) is 5.93. The number of hydrogen-bond acceptors (Lipinski definition) is 5. The summed E-state index contributed by atoms with van der Waals surface area (Å²) in [5, 5.41) is 16.9. The van der Waals surface area contributed by atoms with Crippen molar-refractivity contribution < 1.29 is 28.2 Å². The largest absolute Gasteiger partial charge is 0.497 e. The average Bonchev–Trinajstić information content (AvgIpc) is 2.88. The van der Waals surface area contributed by atoms with Gasteiger partial charge in [0.1, 0.15) is 23.1 Å². The van der Waals surface area contributed by atoms with E-state index in [1.165, 1.54) is 17.7 Å². The normalized spacial score (nSPS) is 12.6. The van der Waals surface area contributed by atoms with Crippen molar-refractivity contribution in [3.63, 3.8) is 0 Å². The summed E-state index contributed by atoms with van der Waals surface area (Å²) < 4.78 is 38.2. The molecule has 6 nitrogen and oxygen atoms in total. The maximum Gasteiger partial charge on any atom is 0.223 e. The number of aliphatic hydroxyl groups is 1. The van der Waals surface area contributed by atoms with Crippen LogP contribution in [0, 0.1) is 11.6 Å². The van der Waals surface area contributed by atoms with E-state index in [9.17, 15) is 18.7 Å². The minimum absolute atomic E-state index is 0.0456. The molecule has 3 aromatic carbocycles. The number of halogens is 2. The molecule has 0 saturated carbocycles. The molecule has 0 fully saturated rings. The van der Waals surface area contributed by atoms with Gasteiger partial charge in [0, 0.05) is 19.2 Å². The Morgan fingerprint density at radius 2 is 1.62 bits per heavy atom. The number of methoxy groups -OCH3 is 1. The van der Waals surface area contributed by atoms with Crippen LogP contribution in [0.4, 0.5) is 8.78 Å². The molecule has 0 aliphatic carbocycles. The summed E-state index contributed by atoms with van der Waals surface area (Å²) in [7, 11) is 1.57. The van der Waals surface area contributed by atoms with Gasteiger partial charge in [-0.1, -0.05) is 31.2 Å². The maximum atomic E-state index is 13.7. The van der Waals surface area contributed by atoms with Crippen molar-refractivity contribution in [2.45, 2.75) is 44.9 Å². The molecule has 2 atom stereocenters. The fourth-order valence-corrected chi connectivity index (χ4v) is 3.94. The first kappa shape index (κ1) is 28.1. The molecule has 0 heterocycles.